The van der Waals surface area contributed by atoms with Gasteiger partial charge in [-0.1, -0.05) is 0 Å². The topological polar surface area (TPSA) is 95.7 Å². The van der Waals surface area contributed by atoms with Gasteiger partial charge in [0.1, 0.15) is 6.10 Å². The second-order valence-electron chi connectivity index (χ2n) is 4.54. The number of aliphatic hydroxyl groups is 1. The van der Waals surface area contributed by atoms with Crippen molar-refractivity contribution in [2.24, 2.45) is 5.73 Å². The van der Waals surface area contributed by atoms with Gasteiger partial charge < -0.3 is 21.1 Å². The SMILES string of the molecule is CN1C(=O)CCc2cc(NC(=O)C(O)CN)ccc21. The van der Waals surface area contributed by atoms with E-state index in [2.05, 4.69) is 5.32 Å². The van der Waals surface area contributed by atoms with E-state index in [1.54, 1.807) is 24.1 Å². The van der Waals surface area contributed by atoms with Crippen LogP contribution in [0, 0.1) is 0 Å². The Morgan fingerprint density at radius 3 is 2.95 bits per heavy atom. The maximum atomic E-state index is 11.6. The molecule has 4 N–H and O–H groups in total. The predicted octanol–water partition coefficient (Wildman–Crippen LogP) is -0.146. The molecule has 2 amide bonds. The molecule has 102 valence electrons. The molecule has 6 heteroatoms. The molecular formula is C13H17N3O3. The third-order valence-electron chi connectivity index (χ3n) is 3.22. The van der Waals surface area contributed by atoms with E-state index in [0.29, 0.717) is 18.5 Å². The predicted molar refractivity (Wildman–Crippen MR) is 71.9 cm³/mol. The van der Waals surface area contributed by atoms with E-state index in [4.69, 9.17) is 5.73 Å². The number of anilines is 2. The highest BCUT2D eigenvalue weighted by atomic mass is 16.3. The lowest BCUT2D eigenvalue weighted by Crippen LogP contribution is -2.34. The van der Waals surface area contributed by atoms with E-state index in [1.807, 2.05) is 6.07 Å². The Morgan fingerprint density at radius 2 is 2.26 bits per heavy atom. The molecule has 1 unspecified atom stereocenters. The molecule has 19 heavy (non-hydrogen) atoms. The molecule has 1 atom stereocenters. The first-order valence-corrected chi connectivity index (χ1v) is 6.11. The van der Waals surface area contributed by atoms with Crippen molar-refractivity contribution in [2.75, 3.05) is 23.8 Å². The van der Waals surface area contributed by atoms with Crippen LogP contribution in [-0.4, -0.2) is 36.6 Å². The minimum Gasteiger partial charge on any atom is -0.382 e. The van der Waals surface area contributed by atoms with Gasteiger partial charge >= 0.3 is 0 Å². The normalized spacial score (nSPS) is 15.9. The maximum absolute atomic E-state index is 11.6. The quantitative estimate of drug-likeness (QED) is 0.707. The summed E-state index contributed by atoms with van der Waals surface area (Å²) in [4.78, 5) is 24.7. The van der Waals surface area contributed by atoms with Gasteiger partial charge in [0.25, 0.3) is 5.91 Å². The fraction of sp³-hybridized carbons (Fsp3) is 0.385. The standard InChI is InChI=1S/C13H17N3O3/c1-16-10-4-3-9(15-13(19)11(17)7-14)6-8(10)2-5-12(16)18/h3-4,6,11,17H,2,5,7,14H2,1H3,(H,15,19). The minimum atomic E-state index is -1.21. The fourth-order valence-corrected chi connectivity index (χ4v) is 2.07. The van der Waals surface area contributed by atoms with Crippen LogP contribution >= 0.6 is 0 Å². The summed E-state index contributed by atoms with van der Waals surface area (Å²) >= 11 is 0. The third-order valence-corrected chi connectivity index (χ3v) is 3.22. The summed E-state index contributed by atoms with van der Waals surface area (Å²) < 4.78 is 0. The minimum absolute atomic E-state index is 0.0860. The summed E-state index contributed by atoms with van der Waals surface area (Å²) in [7, 11) is 1.73. The Bertz CT molecular complexity index is 516. The molecule has 0 fully saturated rings. The van der Waals surface area contributed by atoms with E-state index in [0.717, 1.165) is 11.3 Å². The molecule has 0 saturated heterocycles. The van der Waals surface area contributed by atoms with Crippen LogP contribution < -0.4 is 16.0 Å². The number of carbonyl (C=O) groups excluding carboxylic acids is 2. The molecule has 0 radical (unpaired) electrons. The van der Waals surface area contributed by atoms with Crippen LogP contribution in [0.1, 0.15) is 12.0 Å². The zero-order chi connectivity index (χ0) is 14.0. The number of rotatable bonds is 3. The zero-order valence-electron chi connectivity index (χ0n) is 10.7. The highest BCUT2D eigenvalue weighted by Gasteiger charge is 2.21. The van der Waals surface area contributed by atoms with Crippen LogP contribution in [0.5, 0.6) is 0 Å². The summed E-state index contributed by atoms with van der Waals surface area (Å²) in [6.07, 6.45) is -0.0890. The molecule has 1 aliphatic rings. The monoisotopic (exact) mass is 263 g/mol. The van der Waals surface area contributed by atoms with Crippen LogP contribution in [0.25, 0.3) is 0 Å². The summed E-state index contributed by atoms with van der Waals surface area (Å²) in [6, 6.07) is 5.31. The molecule has 1 aliphatic heterocycles. The molecule has 0 saturated carbocycles. The number of amides is 2. The molecule has 1 heterocycles. The van der Waals surface area contributed by atoms with E-state index in [9.17, 15) is 14.7 Å². The van der Waals surface area contributed by atoms with Crippen molar-refractivity contribution < 1.29 is 14.7 Å². The number of aliphatic hydroxyl groups excluding tert-OH is 1. The molecule has 0 aliphatic carbocycles. The van der Waals surface area contributed by atoms with Crippen molar-refractivity contribution >= 4 is 23.2 Å². The van der Waals surface area contributed by atoms with E-state index in [1.165, 1.54) is 0 Å². The molecule has 1 aromatic rings. The Morgan fingerprint density at radius 1 is 1.53 bits per heavy atom. The highest BCUT2D eigenvalue weighted by molar-refractivity contribution is 5.97. The van der Waals surface area contributed by atoms with Gasteiger partial charge in [-0.05, 0) is 30.2 Å². The van der Waals surface area contributed by atoms with Crippen LogP contribution in [-0.2, 0) is 16.0 Å². The van der Waals surface area contributed by atoms with Gasteiger partial charge in [0, 0.05) is 31.4 Å². The first-order valence-electron chi connectivity index (χ1n) is 6.11. The van der Waals surface area contributed by atoms with Crippen LogP contribution in [0.3, 0.4) is 0 Å². The number of fused-ring (bicyclic) bond motifs is 1. The maximum Gasteiger partial charge on any atom is 0.254 e. The van der Waals surface area contributed by atoms with Gasteiger partial charge in [-0.2, -0.15) is 0 Å². The zero-order valence-corrected chi connectivity index (χ0v) is 10.7. The van der Waals surface area contributed by atoms with Gasteiger partial charge in [-0.15, -0.1) is 0 Å². The van der Waals surface area contributed by atoms with Crippen molar-refractivity contribution in [3.05, 3.63) is 23.8 Å². The number of carbonyl (C=O) groups is 2. The third kappa shape index (κ3) is 2.74. The van der Waals surface area contributed by atoms with Gasteiger partial charge in [0.05, 0.1) is 0 Å². The molecule has 0 bridgehead atoms. The Kier molecular flexibility index (Phi) is 3.82. The van der Waals surface area contributed by atoms with Crippen molar-refractivity contribution in [2.45, 2.75) is 18.9 Å². The van der Waals surface area contributed by atoms with Gasteiger partial charge in [-0.3, -0.25) is 9.59 Å². The summed E-state index contributed by atoms with van der Waals surface area (Å²) in [6.45, 7) is -0.117. The lowest BCUT2D eigenvalue weighted by atomic mass is 10.0. The molecule has 0 aromatic heterocycles. The van der Waals surface area contributed by atoms with Crippen molar-refractivity contribution in [1.82, 2.24) is 0 Å². The summed E-state index contributed by atoms with van der Waals surface area (Å²) in [5.74, 6) is -0.439. The number of nitrogens with one attached hydrogen (secondary N) is 1. The number of hydrogen-bond donors (Lipinski definition) is 3. The van der Waals surface area contributed by atoms with Crippen molar-refractivity contribution in [1.29, 1.82) is 0 Å². The van der Waals surface area contributed by atoms with E-state index in [-0.39, 0.29) is 12.5 Å². The lowest BCUT2D eigenvalue weighted by molar-refractivity contribution is -0.123. The summed E-state index contributed by atoms with van der Waals surface area (Å²) in [5, 5.41) is 11.9. The number of benzene rings is 1. The molecule has 2 rings (SSSR count). The lowest BCUT2D eigenvalue weighted by Gasteiger charge is -2.26. The first kappa shape index (κ1) is 13.5. The Labute approximate surface area is 111 Å². The second kappa shape index (κ2) is 5.38. The summed E-state index contributed by atoms with van der Waals surface area (Å²) in [5.41, 5.74) is 7.67. The Balaban J connectivity index is 2.18. The Hall–Kier alpha value is -1.92. The molecule has 6 nitrogen and oxygen atoms in total. The van der Waals surface area contributed by atoms with Crippen LogP contribution in [0.4, 0.5) is 11.4 Å². The molecular weight excluding hydrogens is 246 g/mol. The van der Waals surface area contributed by atoms with Crippen LogP contribution in [0.15, 0.2) is 18.2 Å². The van der Waals surface area contributed by atoms with E-state index < -0.39 is 12.0 Å². The highest BCUT2D eigenvalue weighted by Crippen LogP contribution is 2.29. The van der Waals surface area contributed by atoms with E-state index >= 15 is 0 Å². The smallest absolute Gasteiger partial charge is 0.254 e. The fourth-order valence-electron chi connectivity index (χ4n) is 2.07. The van der Waals surface area contributed by atoms with Crippen molar-refractivity contribution in [3.63, 3.8) is 0 Å². The number of nitrogens with zero attached hydrogens (tertiary/aromatic N) is 1. The van der Waals surface area contributed by atoms with Gasteiger partial charge in [0.2, 0.25) is 5.91 Å². The largest absolute Gasteiger partial charge is 0.382 e. The van der Waals surface area contributed by atoms with Gasteiger partial charge in [0.15, 0.2) is 0 Å². The second-order valence-corrected chi connectivity index (χ2v) is 4.54. The average Bonchev–Trinajstić information content (AvgIpc) is 2.42. The average molecular weight is 263 g/mol. The molecule has 0 spiro atoms. The van der Waals surface area contributed by atoms with Crippen molar-refractivity contribution in [3.8, 4) is 0 Å². The molecule has 1 aromatic carbocycles. The number of aryl methyl sites for hydroxylation is 1. The number of nitrogens with two attached hydrogens (primary N) is 1. The first-order chi connectivity index (χ1) is 9.02. The number of hydrogen-bond acceptors (Lipinski definition) is 4. The van der Waals surface area contributed by atoms with Crippen LogP contribution in [0.2, 0.25) is 0 Å². The van der Waals surface area contributed by atoms with Gasteiger partial charge in [-0.25, -0.2) is 0 Å².